The number of hydrogen-bond donors (Lipinski definition) is 1. The summed E-state index contributed by atoms with van der Waals surface area (Å²) in [6.07, 6.45) is -8.35. The average Bonchev–Trinajstić information content (AvgIpc) is 3.45. The fourth-order valence-corrected chi connectivity index (χ4v) is 6.24. The molecule has 5 nitrogen and oxygen atoms in total. The van der Waals surface area contributed by atoms with Crippen molar-refractivity contribution in [1.82, 2.24) is 4.98 Å². The lowest BCUT2D eigenvalue weighted by Crippen LogP contribution is -2.36. The Morgan fingerprint density at radius 1 is 1.02 bits per heavy atom. The molecule has 2 heterocycles. The minimum absolute atomic E-state index is 0.0825. The standard InChI is InChI=1S/C31H25ClF6N2O3S/c1-17-13-19(22-8-7-21(14-25(22)32)30(33,34)35)5-6-20(17)15-43-27-23(3-2-4-24(27)31(36,37)38)26-16-44-29(39-26)40-11-9-18(10-12-40)28(41)42/h2-8,13-14,16,18H,9-12,15H2,1H3,(H,41,42). The number of carbonyl (C=O) groups is 1. The first-order valence-corrected chi connectivity index (χ1v) is 14.7. The Balaban J connectivity index is 1.39. The second-order valence-corrected chi connectivity index (χ2v) is 11.7. The normalized spacial score (nSPS) is 14.6. The third kappa shape index (κ3) is 6.81. The highest BCUT2D eigenvalue weighted by atomic mass is 35.5. The number of aliphatic carboxylic acids is 1. The van der Waals surface area contributed by atoms with Gasteiger partial charge in [0.05, 0.1) is 22.7 Å². The van der Waals surface area contributed by atoms with Gasteiger partial charge in [0.25, 0.3) is 0 Å². The van der Waals surface area contributed by atoms with Gasteiger partial charge in [-0.05, 0) is 60.7 Å². The SMILES string of the molecule is Cc1cc(-c2ccc(C(F)(F)F)cc2Cl)ccc1COc1c(-c2csc(N3CCC(C(=O)O)CC3)n2)cccc1C(F)(F)F. The Morgan fingerprint density at radius 3 is 2.36 bits per heavy atom. The molecule has 5 rings (SSSR count). The van der Waals surface area contributed by atoms with E-state index in [1.807, 2.05) is 4.90 Å². The largest absolute Gasteiger partial charge is 0.488 e. The van der Waals surface area contributed by atoms with Crippen molar-refractivity contribution in [1.29, 1.82) is 0 Å². The van der Waals surface area contributed by atoms with Crippen molar-refractivity contribution in [2.75, 3.05) is 18.0 Å². The molecule has 0 amide bonds. The van der Waals surface area contributed by atoms with Crippen LogP contribution in [0.25, 0.3) is 22.4 Å². The summed E-state index contributed by atoms with van der Waals surface area (Å²) in [6, 6.07) is 11.7. The summed E-state index contributed by atoms with van der Waals surface area (Å²) in [7, 11) is 0. The highest BCUT2D eigenvalue weighted by Gasteiger charge is 2.36. The van der Waals surface area contributed by atoms with Gasteiger partial charge in [-0.25, -0.2) is 4.98 Å². The number of aromatic nitrogens is 1. The molecule has 1 saturated heterocycles. The van der Waals surface area contributed by atoms with Gasteiger partial charge in [-0.15, -0.1) is 11.3 Å². The number of benzene rings is 3. The Labute approximate surface area is 257 Å². The molecule has 1 aliphatic rings. The van der Waals surface area contributed by atoms with Crippen molar-refractivity contribution in [2.45, 2.75) is 38.7 Å². The van der Waals surface area contributed by atoms with E-state index < -0.39 is 35.4 Å². The van der Waals surface area contributed by atoms with Gasteiger partial charge in [0, 0.05) is 34.6 Å². The van der Waals surface area contributed by atoms with Crippen molar-refractivity contribution in [3.05, 3.63) is 87.3 Å². The lowest BCUT2D eigenvalue weighted by molar-refractivity contribution is -0.142. The predicted octanol–water partition coefficient (Wildman–Crippen LogP) is 9.36. The maximum atomic E-state index is 14.1. The molecular weight excluding hydrogens is 630 g/mol. The number of hydrogen-bond acceptors (Lipinski definition) is 5. The van der Waals surface area contributed by atoms with E-state index in [2.05, 4.69) is 4.98 Å². The molecule has 0 bridgehead atoms. The van der Waals surface area contributed by atoms with Crippen LogP contribution >= 0.6 is 22.9 Å². The molecule has 3 aromatic carbocycles. The fourth-order valence-electron chi connectivity index (χ4n) is 5.07. The Bertz CT molecular complexity index is 1680. The lowest BCUT2D eigenvalue weighted by Gasteiger charge is -2.29. The van der Waals surface area contributed by atoms with Crippen LogP contribution in [0.5, 0.6) is 5.75 Å². The van der Waals surface area contributed by atoms with Crippen LogP contribution in [0.4, 0.5) is 31.5 Å². The highest BCUT2D eigenvalue weighted by molar-refractivity contribution is 7.14. The number of halogens is 7. The summed E-state index contributed by atoms with van der Waals surface area (Å²) >= 11 is 7.41. The molecule has 0 saturated carbocycles. The van der Waals surface area contributed by atoms with Gasteiger partial charge in [0.2, 0.25) is 0 Å². The number of aryl methyl sites for hydroxylation is 1. The first-order chi connectivity index (χ1) is 20.7. The molecule has 0 radical (unpaired) electrons. The summed E-state index contributed by atoms with van der Waals surface area (Å²) in [4.78, 5) is 17.8. The van der Waals surface area contributed by atoms with Crippen LogP contribution in [0.2, 0.25) is 5.02 Å². The predicted molar refractivity (Wildman–Crippen MR) is 156 cm³/mol. The number of thiazole rings is 1. The molecule has 1 fully saturated rings. The van der Waals surface area contributed by atoms with Gasteiger partial charge in [-0.3, -0.25) is 4.79 Å². The van der Waals surface area contributed by atoms with Crippen LogP contribution in [-0.2, 0) is 23.8 Å². The molecule has 0 atom stereocenters. The first-order valence-electron chi connectivity index (χ1n) is 13.5. The first kappa shape index (κ1) is 31.6. The molecule has 4 aromatic rings. The molecule has 13 heteroatoms. The number of carboxylic acid groups (broad SMARTS) is 1. The number of piperidine rings is 1. The van der Waals surface area contributed by atoms with E-state index >= 15 is 0 Å². The quantitative estimate of drug-likeness (QED) is 0.201. The topological polar surface area (TPSA) is 62.7 Å². The van der Waals surface area contributed by atoms with E-state index in [4.69, 9.17) is 16.3 Å². The van der Waals surface area contributed by atoms with Crippen molar-refractivity contribution in [2.24, 2.45) is 5.92 Å². The average molecular weight is 655 g/mol. The van der Waals surface area contributed by atoms with Crippen LogP contribution in [0.1, 0.15) is 35.1 Å². The summed E-state index contributed by atoms with van der Waals surface area (Å²) in [5, 5.41) is 11.4. The maximum absolute atomic E-state index is 14.1. The Hall–Kier alpha value is -3.77. The molecular formula is C31H25ClF6N2O3S. The zero-order valence-electron chi connectivity index (χ0n) is 23.1. The second kappa shape index (κ2) is 12.3. The van der Waals surface area contributed by atoms with Crippen LogP contribution in [-0.4, -0.2) is 29.1 Å². The summed E-state index contributed by atoms with van der Waals surface area (Å²) in [6.45, 7) is 2.45. The Morgan fingerprint density at radius 2 is 1.75 bits per heavy atom. The van der Waals surface area contributed by atoms with E-state index in [1.54, 1.807) is 30.5 Å². The fraction of sp³-hybridized carbons (Fsp3) is 0.290. The Kier molecular flexibility index (Phi) is 8.86. The zero-order chi connectivity index (χ0) is 31.8. The number of nitrogens with zero attached hydrogens (tertiary/aromatic N) is 2. The van der Waals surface area contributed by atoms with E-state index in [9.17, 15) is 36.2 Å². The van der Waals surface area contributed by atoms with Gasteiger partial charge in [0.15, 0.2) is 5.13 Å². The number of ether oxygens (including phenoxy) is 1. The van der Waals surface area contributed by atoms with Crippen LogP contribution in [0.15, 0.2) is 60.0 Å². The molecule has 0 unspecified atom stereocenters. The van der Waals surface area contributed by atoms with E-state index in [1.165, 1.54) is 29.5 Å². The zero-order valence-corrected chi connectivity index (χ0v) is 24.7. The molecule has 0 aliphatic carbocycles. The maximum Gasteiger partial charge on any atom is 0.419 e. The molecule has 1 aromatic heterocycles. The number of para-hydroxylation sites is 1. The van der Waals surface area contributed by atoms with Gasteiger partial charge >= 0.3 is 18.3 Å². The van der Waals surface area contributed by atoms with Crippen molar-refractivity contribution in [3.8, 4) is 28.1 Å². The summed E-state index contributed by atoms with van der Waals surface area (Å²) < 4.78 is 87.2. The second-order valence-electron chi connectivity index (χ2n) is 10.4. The van der Waals surface area contributed by atoms with Gasteiger partial charge < -0.3 is 14.7 Å². The third-order valence-corrected chi connectivity index (χ3v) is 8.74. The van der Waals surface area contributed by atoms with E-state index in [0.717, 1.165) is 18.2 Å². The molecule has 1 aliphatic heterocycles. The van der Waals surface area contributed by atoms with E-state index in [-0.39, 0.29) is 22.9 Å². The molecule has 44 heavy (non-hydrogen) atoms. The monoisotopic (exact) mass is 654 g/mol. The smallest absolute Gasteiger partial charge is 0.419 e. The molecule has 0 spiro atoms. The van der Waals surface area contributed by atoms with Gasteiger partial charge in [0.1, 0.15) is 12.4 Å². The third-order valence-electron chi connectivity index (χ3n) is 7.53. The van der Waals surface area contributed by atoms with Crippen molar-refractivity contribution >= 4 is 34.0 Å². The minimum atomic E-state index is -4.71. The van der Waals surface area contributed by atoms with Crippen molar-refractivity contribution < 1.29 is 41.0 Å². The lowest BCUT2D eigenvalue weighted by atomic mass is 9.97. The van der Waals surface area contributed by atoms with Crippen LogP contribution in [0, 0.1) is 12.8 Å². The van der Waals surface area contributed by atoms with Gasteiger partial charge in [-0.2, -0.15) is 26.3 Å². The highest BCUT2D eigenvalue weighted by Crippen LogP contribution is 2.44. The number of alkyl halides is 6. The van der Waals surface area contributed by atoms with Crippen LogP contribution < -0.4 is 9.64 Å². The van der Waals surface area contributed by atoms with Crippen molar-refractivity contribution in [3.63, 3.8) is 0 Å². The van der Waals surface area contributed by atoms with Gasteiger partial charge in [-0.1, -0.05) is 41.9 Å². The molecule has 1 N–H and O–H groups in total. The number of carboxylic acids is 1. The summed E-state index contributed by atoms with van der Waals surface area (Å²) in [5.74, 6) is -1.65. The molecule has 232 valence electrons. The number of anilines is 1. The minimum Gasteiger partial charge on any atom is -0.488 e. The van der Waals surface area contributed by atoms with Crippen LogP contribution in [0.3, 0.4) is 0 Å². The number of rotatable bonds is 7. The summed E-state index contributed by atoms with van der Waals surface area (Å²) in [5.41, 5.74) is 0.768. The van der Waals surface area contributed by atoms with E-state index in [0.29, 0.717) is 59.0 Å².